The fourth-order valence-corrected chi connectivity index (χ4v) is 3.76. The van der Waals surface area contributed by atoms with Crippen molar-refractivity contribution in [2.75, 3.05) is 19.9 Å². The molecular formula is C20H20N6O3. The van der Waals surface area contributed by atoms with Gasteiger partial charge >= 0.3 is 0 Å². The highest BCUT2D eigenvalue weighted by Gasteiger charge is 2.27. The third kappa shape index (κ3) is 3.63. The number of carbonyl (C=O) groups excluding carboxylic acids is 1. The number of rotatable bonds is 4. The van der Waals surface area contributed by atoms with Crippen molar-refractivity contribution in [3.8, 4) is 23.0 Å². The molecule has 1 atom stereocenters. The number of tetrazole rings is 1. The molecule has 0 aliphatic carbocycles. The van der Waals surface area contributed by atoms with Crippen molar-refractivity contribution >= 4 is 5.91 Å². The SMILES string of the molecule is O=C(c1ccc2c(c1)OCO2)N1CCC[C@@H](Cn2nnc(-c3ccccn3)n2)C1. The van der Waals surface area contributed by atoms with Crippen molar-refractivity contribution in [2.24, 2.45) is 5.92 Å². The molecule has 0 N–H and O–H groups in total. The van der Waals surface area contributed by atoms with Crippen LogP contribution in [-0.2, 0) is 6.54 Å². The number of hydrogen-bond donors (Lipinski definition) is 0. The number of carbonyl (C=O) groups is 1. The summed E-state index contributed by atoms with van der Waals surface area (Å²) in [5, 5.41) is 12.7. The van der Waals surface area contributed by atoms with Crippen molar-refractivity contribution in [1.29, 1.82) is 0 Å². The molecule has 1 fully saturated rings. The second kappa shape index (κ2) is 7.50. The van der Waals surface area contributed by atoms with Gasteiger partial charge in [-0.1, -0.05) is 6.07 Å². The second-order valence-electron chi connectivity index (χ2n) is 7.21. The van der Waals surface area contributed by atoms with Crippen LogP contribution in [0.2, 0.25) is 0 Å². The van der Waals surface area contributed by atoms with Gasteiger partial charge in [-0.05, 0) is 54.3 Å². The van der Waals surface area contributed by atoms with Crippen LogP contribution < -0.4 is 9.47 Å². The van der Waals surface area contributed by atoms with Crippen molar-refractivity contribution in [3.63, 3.8) is 0 Å². The predicted molar refractivity (Wildman–Crippen MR) is 102 cm³/mol. The lowest BCUT2D eigenvalue weighted by molar-refractivity contribution is 0.0655. The number of piperidine rings is 1. The Hall–Kier alpha value is -3.49. The van der Waals surface area contributed by atoms with E-state index in [0.29, 0.717) is 41.7 Å². The summed E-state index contributed by atoms with van der Waals surface area (Å²) in [5.74, 6) is 2.09. The van der Waals surface area contributed by atoms with Gasteiger partial charge in [0.1, 0.15) is 5.69 Å². The number of fused-ring (bicyclic) bond motifs is 1. The van der Waals surface area contributed by atoms with Crippen LogP contribution in [0.15, 0.2) is 42.6 Å². The molecule has 2 aliphatic heterocycles. The maximum Gasteiger partial charge on any atom is 0.254 e. The van der Waals surface area contributed by atoms with Crippen molar-refractivity contribution in [1.82, 2.24) is 30.1 Å². The first-order valence-electron chi connectivity index (χ1n) is 9.64. The van der Waals surface area contributed by atoms with E-state index in [0.717, 1.165) is 19.4 Å². The van der Waals surface area contributed by atoms with E-state index in [9.17, 15) is 4.79 Å². The van der Waals surface area contributed by atoms with Gasteiger partial charge in [0.2, 0.25) is 12.6 Å². The van der Waals surface area contributed by atoms with Crippen LogP contribution in [-0.4, -0.2) is 55.9 Å². The summed E-state index contributed by atoms with van der Waals surface area (Å²) in [4.78, 5) is 20.7. The Morgan fingerprint density at radius 1 is 1.17 bits per heavy atom. The second-order valence-corrected chi connectivity index (χ2v) is 7.21. The van der Waals surface area contributed by atoms with E-state index < -0.39 is 0 Å². The van der Waals surface area contributed by atoms with Gasteiger partial charge in [-0.2, -0.15) is 4.80 Å². The molecule has 0 bridgehead atoms. The van der Waals surface area contributed by atoms with E-state index in [-0.39, 0.29) is 18.6 Å². The highest BCUT2D eigenvalue weighted by atomic mass is 16.7. The summed E-state index contributed by atoms with van der Waals surface area (Å²) in [6.07, 6.45) is 3.67. The van der Waals surface area contributed by atoms with E-state index in [1.165, 1.54) is 0 Å². The topological polar surface area (TPSA) is 95.3 Å². The Morgan fingerprint density at radius 2 is 2.10 bits per heavy atom. The standard InChI is InChI=1S/C20H20N6O3/c27-20(15-6-7-17-18(10-15)29-13-28-17)25-9-3-4-14(11-25)12-26-23-19(22-24-26)16-5-1-2-8-21-16/h1-2,5-8,10,14H,3-4,9,11-13H2/t14-/m1/s1. The summed E-state index contributed by atoms with van der Waals surface area (Å²) in [7, 11) is 0. The minimum atomic E-state index is 0.00808. The molecule has 29 heavy (non-hydrogen) atoms. The molecule has 9 heteroatoms. The third-order valence-corrected chi connectivity index (χ3v) is 5.19. The molecule has 2 aliphatic rings. The minimum Gasteiger partial charge on any atom is -0.454 e. The van der Waals surface area contributed by atoms with Gasteiger partial charge in [0.25, 0.3) is 5.91 Å². The molecule has 0 saturated carbocycles. The molecule has 9 nitrogen and oxygen atoms in total. The van der Waals surface area contributed by atoms with Crippen LogP contribution in [0, 0.1) is 5.92 Å². The van der Waals surface area contributed by atoms with Crippen LogP contribution in [0.3, 0.4) is 0 Å². The molecule has 2 aromatic heterocycles. The van der Waals surface area contributed by atoms with Gasteiger partial charge < -0.3 is 14.4 Å². The average Bonchev–Trinajstić information content (AvgIpc) is 3.43. The van der Waals surface area contributed by atoms with Crippen molar-refractivity contribution in [2.45, 2.75) is 19.4 Å². The van der Waals surface area contributed by atoms with Gasteiger partial charge in [-0.15, -0.1) is 10.2 Å². The first-order chi connectivity index (χ1) is 14.3. The normalized spacial score (nSPS) is 18.1. The third-order valence-electron chi connectivity index (χ3n) is 5.19. The number of ether oxygens (including phenoxy) is 2. The van der Waals surface area contributed by atoms with Crippen LogP contribution in [0.25, 0.3) is 11.5 Å². The molecule has 1 aromatic carbocycles. The van der Waals surface area contributed by atoms with Gasteiger partial charge in [0, 0.05) is 24.8 Å². The predicted octanol–water partition coefficient (Wildman–Crippen LogP) is 2.02. The molecule has 5 rings (SSSR count). The lowest BCUT2D eigenvalue weighted by Gasteiger charge is -2.32. The summed E-state index contributed by atoms with van der Waals surface area (Å²) in [6, 6.07) is 10.9. The lowest BCUT2D eigenvalue weighted by Crippen LogP contribution is -2.41. The quantitative estimate of drug-likeness (QED) is 0.670. The zero-order chi connectivity index (χ0) is 19.6. The zero-order valence-electron chi connectivity index (χ0n) is 15.8. The number of likely N-dealkylation sites (tertiary alicyclic amines) is 1. The Bertz CT molecular complexity index is 1020. The number of nitrogens with zero attached hydrogens (tertiary/aromatic N) is 6. The zero-order valence-corrected chi connectivity index (χ0v) is 15.8. The number of hydrogen-bond acceptors (Lipinski definition) is 7. The largest absolute Gasteiger partial charge is 0.454 e. The van der Waals surface area contributed by atoms with Gasteiger partial charge in [-0.25, -0.2) is 0 Å². The fourth-order valence-electron chi connectivity index (χ4n) is 3.76. The van der Waals surface area contributed by atoms with Crippen molar-refractivity contribution < 1.29 is 14.3 Å². The highest BCUT2D eigenvalue weighted by molar-refractivity contribution is 5.95. The molecule has 0 radical (unpaired) electrons. The fraction of sp³-hybridized carbons (Fsp3) is 0.350. The first-order valence-corrected chi connectivity index (χ1v) is 9.64. The molecule has 0 unspecified atom stereocenters. The monoisotopic (exact) mass is 392 g/mol. The lowest BCUT2D eigenvalue weighted by atomic mass is 9.97. The van der Waals surface area contributed by atoms with Crippen LogP contribution in [0.4, 0.5) is 0 Å². The van der Waals surface area contributed by atoms with Gasteiger partial charge in [0.15, 0.2) is 11.5 Å². The van der Waals surface area contributed by atoms with E-state index >= 15 is 0 Å². The Morgan fingerprint density at radius 3 is 3.00 bits per heavy atom. The maximum absolute atomic E-state index is 13.0. The van der Waals surface area contributed by atoms with Gasteiger partial charge in [0.05, 0.1) is 6.54 Å². The molecule has 3 aromatic rings. The number of benzene rings is 1. The highest BCUT2D eigenvalue weighted by Crippen LogP contribution is 2.33. The van der Waals surface area contributed by atoms with Gasteiger partial charge in [-0.3, -0.25) is 9.78 Å². The molecular weight excluding hydrogens is 372 g/mol. The summed E-state index contributed by atoms with van der Waals surface area (Å²) in [6.45, 7) is 2.22. The van der Waals surface area contributed by atoms with E-state index in [4.69, 9.17) is 9.47 Å². The molecule has 1 amide bonds. The maximum atomic E-state index is 13.0. The first kappa shape index (κ1) is 17.6. The van der Waals surface area contributed by atoms with E-state index in [2.05, 4.69) is 20.4 Å². The Balaban J connectivity index is 1.25. The summed E-state index contributed by atoms with van der Waals surface area (Å²) >= 11 is 0. The molecule has 148 valence electrons. The summed E-state index contributed by atoms with van der Waals surface area (Å²) in [5.41, 5.74) is 1.31. The number of aromatic nitrogens is 5. The minimum absolute atomic E-state index is 0.00808. The summed E-state index contributed by atoms with van der Waals surface area (Å²) < 4.78 is 10.7. The molecule has 0 spiro atoms. The number of pyridine rings is 1. The number of amides is 1. The van der Waals surface area contributed by atoms with E-state index in [1.54, 1.807) is 29.2 Å². The Kier molecular flexibility index (Phi) is 4.55. The molecule has 4 heterocycles. The Labute approximate surface area is 167 Å². The molecule has 1 saturated heterocycles. The van der Waals surface area contributed by atoms with Crippen LogP contribution in [0.5, 0.6) is 11.5 Å². The van der Waals surface area contributed by atoms with Crippen LogP contribution in [0.1, 0.15) is 23.2 Å². The van der Waals surface area contributed by atoms with E-state index in [1.807, 2.05) is 23.1 Å². The van der Waals surface area contributed by atoms with Crippen molar-refractivity contribution in [3.05, 3.63) is 48.2 Å². The smallest absolute Gasteiger partial charge is 0.254 e. The van der Waals surface area contributed by atoms with Crippen LogP contribution >= 0.6 is 0 Å². The average molecular weight is 392 g/mol.